The van der Waals surface area contributed by atoms with E-state index >= 15 is 0 Å². The molecule has 2 aromatic rings. The van der Waals surface area contributed by atoms with Gasteiger partial charge in [-0.05, 0) is 113 Å². The Morgan fingerprint density at radius 3 is 2.61 bits per heavy atom. The summed E-state index contributed by atoms with van der Waals surface area (Å²) in [5.41, 5.74) is 6.10. The zero-order valence-electron chi connectivity index (χ0n) is 21.7. The maximum atomic E-state index is 11.8. The summed E-state index contributed by atoms with van der Waals surface area (Å²) in [6, 6.07) is 7.48. The van der Waals surface area contributed by atoms with Crippen molar-refractivity contribution < 1.29 is 23.8 Å². The molecule has 1 N–H and O–H groups in total. The highest BCUT2D eigenvalue weighted by Gasteiger charge is 2.35. The van der Waals surface area contributed by atoms with Crippen LogP contribution < -0.4 is 19.5 Å². The number of carbonyl (C=O) groups excluding carboxylic acids is 2. The largest absolute Gasteiger partial charge is 0.489 e. The predicted molar refractivity (Wildman–Crippen MR) is 144 cm³/mol. The van der Waals surface area contributed by atoms with Gasteiger partial charge in [0.15, 0.2) is 0 Å². The zero-order chi connectivity index (χ0) is 26.0. The minimum Gasteiger partial charge on any atom is -0.489 e. The van der Waals surface area contributed by atoms with Crippen molar-refractivity contribution >= 4 is 29.0 Å². The Balaban J connectivity index is 1.48. The second kappa shape index (κ2) is 10.4. The van der Waals surface area contributed by atoms with E-state index in [1.807, 2.05) is 24.3 Å². The first-order valence-corrected chi connectivity index (χ1v) is 12.9. The molecule has 0 aliphatic carbocycles. The highest BCUT2D eigenvalue weighted by atomic mass is 32.2. The van der Waals surface area contributed by atoms with Crippen molar-refractivity contribution in [2.45, 2.75) is 60.0 Å². The van der Waals surface area contributed by atoms with Crippen LogP contribution in [0.1, 0.15) is 55.0 Å². The van der Waals surface area contributed by atoms with Crippen LogP contribution in [-0.4, -0.2) is 30.0 Å². The molecule has 0 bridgehead atoms. The molecule has 1 saturated heterocycles. The van der Waals surface area contributed by atoms with Crippen LogP contribution in [0, 0.1) is 20.8 Å². The van der Waals surface area contributed by atoms with Gasteiger partial charge in [0.2, 0.25) is 0 Å². The molecular weight excluding hydrogens is 474 g/mol. The maximum Gasteiger partial charge on any atom is 0.290 e. The van der Waals surface area contributed by atoms with Gasteiger partial charge < -0.3 is 14.2 Å². The topological polar surface area (TPSA) is 73.9 Å². The van der Waals surface area contributed by atoms with Gasteiger partial charge in [-0.1, -0.05) is 17.7 Å². The molecule has 2 amide bonds. The van der Waals surface area contributed by atoms with E-state index in [1.165, 1.54) is 11.1 Å². The number of ether oxygens (including phenoxy) is 3. The highest BCUT2D eigenvalue weighted by molar-refractivity contribution is 8.18. The van der Waals surface area contributed by atoms with Crippen LogP contribution in [0.4, 0.5) is 4.79 Å². The number of hydrogen-bond acceptors (Lipinski definition) is 6. The van der Waals surface area contributed by atoms with Crippen LogP contribution in [0.15, 0.2) is 40.8 Å². The summed E-state index contributed by atoms with van der Waals surface area (Å²) in [5, 5.41) is 1.92. The smallest absolute Gasteiger partial charge is 0.290 e. The number of thioether (sulfide) groups is 1. The standard InChI is InChI=1S/C29H33NO5S/c1-17(2)11-13-33-25-18(3)19(4)26-23(20(25)5)10-12-29(6,35-26)16-34-22-9-7-8-21(14-22)15-24-27(31)30-28(32)36-24/h7-9,11,14-15H,10,12-13,16H2,1-6H3,(H,30,31,32). The molecule has 0 radical (unpaired) electrons. The van der Waals surface area contributed by atoms with Gasteiger partial charge in [0, 0.05) is 5.56 Å². The number of imide groups is 1. The van der Waals surface area contributed by atoms with Crippen LogP contribution in [0.25, 0.3) is 6.08 Å². The van der Waals surface area contributed by atoms with Gasteiger partial charge in [0.05, 0.1) is 4.91 Å². The van der Waals surface area contributed by atoms with E-state index in [1.54, 1.807) is 6.08 Å². The average Bonchev–Trinajstić information content (AvgIpc) is 3.15. The number of carbonyl (C=O) groups is 2. The first-order chi connectivity index (χ1) is 17.1. The Labute approximate surface area is 217 Å². The third-order valence-electron chi connectivity index (χ3n) is 6.62. The minimum atomic E-state index is -0.483. The van der Waals surface area contributed by atoms with Crippen LogP contribution in [0.5, 0.6) is 17.2 Å². The Bertz CT molecular complexity index is 1270. The first-order valence-electron chi connectivity index (χ1n) is 12.1. The lowest BCUT2D eigenvalue weighted by molar-refractivity contribution is -0.115. The first kappa shape index (κ1) is 25.9. The van der Waals surface area contributed by atoms with Gasteiger partial charge in [-0.15, -0.1) is 0 Å². The van der Waals surface area contributed by atoms with Crippen molar-refractivity contribution in [3.8, 4) is 17.2 Å². The summed E-state index contributed by atoms with van der Waals surface area (Å²) < 4.78 is 18.9. The molecule has 1 unspecified atom stereocenters. The molecule has 0 saturated carbocycles. The summed E-state index contributed by atoms with van der Waals surface area (Å²) in [6.07, 6.45) is 5.48. The van der Waals surface area contributed by atoms with E-state index in [9.17, 15) is 9.59 Å². The van der Waals surface area contributed by atoms with Gasteiger partial charge in [0.25, 0.3) is 11.1 Å². The van der Waals surface area contributed by atoms with E-state index in [4.69, 9.17) is 14.2 Å². The lowest BCUT2D eigenvalue weighted by Gasteiger charge is -2.38. The Morgan fingerprint density at radius 2 is 1.92 bits per heavy atom. The maximum absolute atomic E-state index is 11.8. The van der Waals surface area contributed by atoms with Gasteiger partial charge in [-0.3, -0.25) is 14.9 Å². The fourth-order valence-electron chi connectivity index (χ4n) is 4.39. The van der Waals surface area contributed by atoms with E-state index < -0.39 is 5.60 Å². The van der Waals surface area contributed by atoms with Gasteiger partial charge in [-0.2, -0.15) is 0 Å². The molecule has 2 heterocycles. The number of hydrogen-bond donors (Lipinski definition) is 1. The molecule has 190 valence electrons. The quantitative estimate of drug-likeness (QED) is 0.343. The highest BCUT2D eigenvalue weighted by Crippen LogP contribution is 2.44. The molecule has 4 rings (SSSR count). The number of allylic oxidation sites excluding steroid dienone is 1. The molecule has 1 atom stereocenters. The van der Waals surface area contributed by atoms with E-state index in [0.717, 1.165) is 58.4 Å². The van der Waals surface area contributed by atoms with Crippen molar-refractivity contribution in [1.82, 2.24) is 5.32 Å². The summed E-state index contributed by atoms with van der Waals surface area (Å²) in [5.74, 6) is 2.20. The lowest BCUT2D eigenvalue weighted by Crippen LogP contribution is -2.42. The van der Waals surface area contributed by atoms with E-state index in [2.05, 4.69) is 52.9 Å². The number of amides is 2. The van der Waals surface area contributed by atoms with Crippen molar-refractivity contribution in [3.05, 3.63) is 68.6 Å². The monoisotopic (exact) mass is 507 g/mol. The SMILES string of the molecule is CC(C)=CCOc1c(C)c(C)c2c(c1C)CCC(C)(COc1cccc(C=C3SC(=O)NC3=O)c1)O2. The fraction of sp³-hybridized carbons (Fsp3) is 0.379. The van der Waals surface area contributed by atoms with E-state index in [0.29, 0.717) is 23.9 Å². The molecule has 0 aromatic heterocycles. The van der Waals surface area contributed by atoms with Crippen LogP contribution in [0.3, 0.4) is 0 Å². The number of fused-ring (bicyclic) bond motifs is 1. The fourth-order valence-corrected chi connectivity index (χ4v) is 5.08. The Hall–Kier alpha value is -3.19. The summed E-state index contributed by atoms with van der Waals surface area (Å²) >= 11 is 0.902. The molecule has 2 aliphatic rings. The molecule has 36 heavy (non-hydrogen) atoms. The van der Waals surface area contributed by atoms with Gasteiger partial charge >= 0.3 is 0 Å². The van der Waals surface area contributed by atoms with Crippen molar-refractivity contribution in [3.63, 3.8) is 0 Å². The Morgan fingerprint density at radius 1 is 1.14 bits per heavy atom. The second-order valence-electron chi connectivity index (χ2n) is 9.87. The molecular formula is C29H33NO5S. The van der Waals surface area contributed by atoms with Crippen LogP contribution >= 0.6 is 11.8 Å². The lowest BCUT2D eigenvalue weighted by atomic mass is 9.87. The van der Waals surface area contributed by atoms with Gasteiger partial charge in [-0.25, -0.2) is 0 Å². The zero-order valence-corrected chi connectivity index (χ0v) is 22.6. The van der Waals surface area contributed by atoms with Crippen LogP contribution in [-0.2, 0) is 11.2 Å². The normalized spacial score (nSPS) is 20.0. The summed E-state index contributed by atoms with van der Waals surface area (Å²) in [6.45, 7) is 13.5. The van der Waals surface area contributed by atoms with E-state index in [-0.39, 0.29) is 11.1 Å². The van der Waals surface area contributed by atoms with Crippen molar-refractivity contribution in [2.75, 3.05) is 13.2 Å². The van der Waals surface area contributed by atoms with Gasteiger partial charge in [0.1, 0.15) is 36.1 Å². The molecule has 2 aromatic carbocycles. The van der Waals surface area contributed by atoms with Crippen LogP contribution in [0.2, 0.25) is 0 Å². The molecule has 7 heteroatoms. The molecule has 2 aliphatic heterocycles. The molecule has 6 nitrogen and oxygen atoms in total. The minimum absolute atomic E-state index is 0.353. The van der Waals surface area contributed by atoms with Crippen molar-refractivity contribution in [2.24, 2.45) is 0 Å². The molecule has 1 fully saturated rings. The average molecular weight is 508 g/mol. The number of benzene rings is 2. The second-order valence-corrected chi connectivity index (χ2v) is 10.9. The van der Waals surface area contributed by atoms with Crippen molar-refractivity contribution in [1.29, 1.82) is 0 Å². The summed E-state index contributed by atoms with van der Waals surface area (Å²) in [7, 11) is 0. The molecule has 0 spiro atoms. The summed E-state index contributed by atoms with van der Waals surface area (Å²) in [4.78, 5) is 23.6. The number of nitrogens with one attached hydrogen (secondary N) is 1. The predicted octanol–water partition coefficient (Wildman–Crippen LogP) is 6.44. The Kier molecular flexibility index (Phi) is 7.50. The third-order valence-corrected chi connectivity index (χ3v) is 7.44. The number of rotatable bonds is 7. The third kappa shape index (κ3) is 5.62.